The summed E-state index contributed by atoms with van der Waals surface area (Å²) >= 11 is 0. The Morgan fingerprint density at radius 3 is 2.39 bits per heavy atom. The number of carbonyl (C=O) groups excluding carboxylic acids is 1. The van der Waals surface area contributed by atoms with Gasteiger partial charge in [0.25, 0.3) is 0 Å². The molecule has 1 atom stereocenters. The molecule has 0 fully saturated rings. The van der Waals surface area contributed by atoms with Crippen LogP contribution < -0.4 is 0 Å². The fourth-order valence-corrected chi connectivity index (χ4v) is 2.22. The van der Waals surface area contributed by atoms with Gasteiger partial charge in [0.05, 0.1) is 6.10 Å². The lowest BCUT2D eigenvalue weighted by Crippen LogP contribution is -2.12. The van der Waals surface area contributed by atoms with E-state index in [0.717, 1.165) is 38.2 Å². The summed E-state index contributed by atoms with van der Waals surface area (Å²) in [6.07, 6.45) is 6.08. The second-order valence-electron chi connectivity index (χ2n) is 4.40. The fraction of sp³-hybridized carbons (Fsp3) is 0.750. The van der Waals surface area contributed by atoms with E-state index in [1.165, 1.54) is 0 Å². The molecule has 0 saturated carbocycles. The van der Waals surface area contributed by atoms with Gasteiger partial charge in [-0.2, -0.15) is 0 Å². The van der Waals surface area contributed by atoms with Crippen molar-refractivity contribution >= 4 is 13.6 Å². The number of carbonyl (C=O) groups is 1. The number of esters is 1. The summed E-state index contributed by atoms with van der Waals surface area (Å²) in [4.78, 5) is 28.2. The van der Waals surface area contributed by atoms with E-state index in [2.05, 4.69) is 6.58 Å². The third-order valence-corrected chi connectivity index (χ3v) is 3.44. The molecule has 2 N–H and O–H groups in total. The molecule has 0 spiro atoms. The van der Waals surface area contributed by atoms with Gasteiger partial charge in [-0.25, -0.2) is 4.79 Å². The lowest BCUT2D eigenvalue weighted by molar-refractivity contribution is -0.142. The molecule has 106 valence electrons. The summed E-state index contributed by atoms with van der Waals surface area (Å²) in [5.74, 6) is -0.399. The molecule has 0 aliphatic rings. The summed E-state index contributed by atoms with van der Waals surface area (Å²) in [6, 6.07) is 0. The van der Waals surface area contributed by atoms with Gasteiger partial charge in [-0.3, -0.25) is 4.57 Å². The zero-order chi connectivity index (χ0) is 14.0. The van der Waals surface area contributed by atoms with Crippen molar-refractivity contribution in [3.8, 4) is 0 Å². The highest BCUT2D eigenvalue weighted by molar-refractivity contribution is 7.51. The number of ether oxygens (including phenoxy) is 1. The third kappa shape index (κ3) is 11.8. The minimum absolute atomic E-state index is 0.0274. The first-order chi connectivity index (χ1) is 8.35. The Morgan fingerprint density at radius 2 is 1.83 bits per heavy atom. The molecule has 5 nitrogen and oxygen atoms in total. The molecule has 0 aromatic carbocycles. The number of hydrogen-bond donors (Lipinski definition) is 2. The van der Waals surface area contributed by atoms with Crippen molar-refractivity contribution in [3.05, 3.63) is 12.7 Å². The second kappa shape index (κ2) is 9.31. The third-order valence-electron chi connectivity index (χ3n) is 2.54. The van der Waals surface area contributed by atoms with E-state index in [4.69, 9.17) is 14.5 Å². The molecule has 0 bridgehead atoms. The van der Waals surface area contributed by atoms with Crippen LogP contribution >= 0.6 is 7.60 Å². The minimum atomic E-state index is -3.82. The first-order valence-electron chi connectivity index (χ1n) is 6.23. The smallest absolute Gasteiger partial charge is 0.330 e. The maximum absolute atomic E-state index is 10.9. The first-order valence-corrected chi connectivity index (χ1v) is 8.02. The van der Waals surface area contributed by atoms with Crippen LogP contribution in [0.3, 0.4) is 0 Å². The van der Waals surface area contributed by atoms with Gasteiger partial charge < -0.3 is 14.5 Å². The topological polar surface area (TPSA) is 83.8 Å². The maximum Gasteiger partial charge on any atom is 0.330 e. The molecular formula is C12H23O5P. The molecule has 0 saturated heterocycles. The van der Waals surface area contributed by atoms with Crippen molar-refractivity contribution in [2.45, 2.75) is 51.6 Å². The normalized spacial score (nSPS) is 13.1. The lowest BCUT2D eigenvalue weighted by atomic mass is 10.1. The van der Waals surface area contributed by atoms with Crippen molar-refractivity contribution in [1.29, 1.82) is 0 Å². The summed E-state index contributed by atoms with van der Waals surface area (Å²) in [7, 11) is -3.82. The van der Waals surface area contributed by atoms with Crippen LogP contribution in [0.2, 0.25) is 0 Å². The Kier molecular flexibility index (Phi) is 8.98. The van der Waals surface area contributed by atoms with E-state index in [0.29, 0.717) is 6.42 Å². The van der Waals surface area contributed by atoms with Crippen LogP contribution in [0.4, 0.5) is 0 Å². The van der Waals surface area contributed by atoms with Crippen LogP contribution in [0.5, 0.6) is 0 Å². The highest BCUT2D eigenvalue weighted by Crippen LogP contribution is 2.35. The molecule has 0 amide bonds. The summed E-state index contributed by atoms with van der Waals surface area (Å²) in [6.45, 7) is 5.17. The SMILES string of the molecule is C=CC(=O)OC(C)CCCCCCCP(=O)(O)O. The fourth-order valence-electron chi connectivity index (χ4n) is 1.59. The summed E-state index contributed by atoms with van der Waals surface area (Å²) in [5.41, 5.74) is 0. The minimum Gasteiger partial charge on any atom is -0.460 e. The van der Waals surface area contributed by atoms with Crippen molar-refractivity contribution in [2.24, 2.45) is 0 Å². The standard InChI is InChI=1S/C12H23O5P/c1-3-12(13)17-11(2)9-7-5-4-6-8-10-18(14,15)16/h3,11H,1,4-10H2,2H3,(H2,14,15,16). The van der Waals surface area contributed by atoms with E-state index < -0.39 is 13.6 Å². The van der Waals surface area contributed by atoms with Crippen LogP contribution in [0.25, 0.3) is 0 Å². The predicted octanol–water partition coefficient (Wildman–Crippen LogP) is 2.62. The quantitative estimate of drug-likeness (QED) is 0.278. The first kappa shape index (κ1) is 17.4. The van der Waals surface area contributed by atoms with Gasteiger partial charge in [-0.15, -0.1) is 0 Å². The highest BCUT2D eigenvalue weighted by atomic mass is 31.2. The molecule has 0 aliphatic heterocycles. The molecule has 6 heteroatoms. The van der Waals surface area contributed by atoms with Crippen molar-refractivity contribution in [3.63, 3.8) is 0 Å². The van der Waals surface area contributed by atoms with Gasteiger partial charge in [0, 0.05) is 12.2 Å². The van der Waals surface area contributed by atoms with E-state index in [-0.39, 0.29) is 12.3 Å². The Labute approximate surface area is 108 Å². The van der Waals surface area contributed by atoms with Crippen LogP contribution in [0, 0.1) is 0 Å². The van der Waals surface area contributed by atoms with Gasteiger partial charge in [0.2, 0.25) is 0 Å². The molecular weight excluding hydrogens is 255 g/mol. The molecule has 0 heterocycles. The Balaban J connectivity index is 3.37. The van der Waals surface area contributed by atoms with Crippen LogP contribution in [0.15, 0.2) is 12.7 Å². The number of hydrogen-bond acceptors (Lipinski definition) is 3. The van der Waals surface area contributed by atoms with Crippen LogP contribution in [-0.4, -0.2) is 28.0 Å². The average molecular weight is 278 g/mol. The van der Waals surface area contributed by atoms with Gasteiger partial charge in [0.1, 0.15) is 0 Å². The monoisotopic (exact) mass is 278 g/mol. The summed E-state index contributed by atoms with van der Waals surface area (Å²) in [5, 5.41) is 0. The average Bonchev–Trinajstić information content (AvgIpc) is 2.26. The zero-order valence-corrected chi connectivity index (χ0v) is 11.8. The van der Waals surface area contributed by atoms with Gasteiger partial charge >= 0.3 is 13.6 Å². The summed E-state index contributed by atoms with van der Waals surface area (Å²) < 4.78 is 15.6. The molecule has 0 aliphatic carbocycles. The Morgan fingerprint density at radius 1 is 1.28 bits per heavy atom. The van der Waals surface area contributed by atoms with Gasteiger partial charge in [-0.05, 0) is 26.2 Å². The Hall–Kier alpha value is -0.640. The molecule has 0 aromatic heterocycles. The molecule has 0 aromatic rings. The molecule has 0 radical (unpaired) electrons. The lowest BCUT2D eigenvalue weighted by Gasteiger charge is -2.11. The zero-order valence-electron chi connectivity index (χ0n) is 10.9. The van der Waals surface area contributed by atoms with Crippen molar-refractivity contribution in [2.75, 3.05) is 6.16 Å². The highest BCUT2D eigenvalue weighted by Gasteiger charge is 2.11. The van der Waals surface area contributed by atoms with Crippen LogP contribution in [-0.2, 0) is 14.1 Å². The van der Waals surface area contributed by atoms with Gasteiger partial charge in [0.15, 0.2) is 0 Å². The van der Waals surface area contributed by atoms with Crippen molar-refractivity contribution in [1.82, 2.24) is 0 Å². The van der Waals surface area contributed by atoms with Crippen molar-refractivity contribution < 1.29 is 23.9 Å². The Bertz CT molecular complexity index is 297. The van der Waals surface area contributed by atoms with E-state index in [1.54, 1.807) is 0 Å². The van der Waals surface area contributed by atoms with Crippen LogP contribution in [0.1, 0.15) is 45.4 Å². The molecule has 18 heavy (non-hydrogen) atoms. The van der Waals surface area contributed by atoms with E-state index >= 15 is 0 Å². The number of unbranched alkanes of at least 4 members (excludes halogenated alkanes) is 4. The molecule has 1 unspecified atom stereocenters. The maximum atomic E-state index is 10.9. The molecule has 0 rings (SSSR count). The van der Waals surface area contributed by atoms with E-state index in [1.807, 2.05) is 6.92 Å². The second-order valence-corrected chi connectivity index (χ2v) is 6.17. The largest absolute Gasteiger partial charge is 0.460 e. The predicted molar refractivity (Wildman–Crippen MR) is 70.4 cm³/mol. The van der Waals surface area contributed by atoms with E-state index in [9.17, 15) is 9.36 Å². The number of rotatable bonds is 10. The van der Waals surface area contributed by atoms with Gasteiger partial charge in [-0.1, -0.05) is 25.8 Å².